The maximum atomic E-state index is 13.1. The fourth-order valence-corrected chi connectivity index (χ4v) is 6.42. The molecule has 0 aliphatic carbocycles. The van der Waals surface area contributed by atoms with Crippen LogP contribution < -0.4 is 15.5 Å². The lowest BCUT2D eigenvalue weighted by Gasteiger charge is -2.44. The molecule has 2 aliphatic heterocycles. The van der Waals surface area contributed by atoms with E-state index in [4.69, 9.17) is 0 Å². The van der Waals surface area contributed by atoms with Crippen LogP contribution in [-0.4, -0.2) is 48.8 Å². The predicted octanol–water partition coefficient (Wildman–Crippen LogP) is 3.24. The van der Waals surface area contributed by atoms with Gasteiger partial charge in [0.1, 0.15) is 15.7 Å². The van der Waals surface area contributed by atoms with E-state index in [0.717, 1.165) is 22.8 Å². The van der Waals surface area contributed by atoms with Gasteiger partial charge in [-0.25, -0.2) is 13.4 Å². The highest BCUT2D eigenvalue weighted by molar-refractivity contribution is 7.91. The molecule has 4 rings (SSSR count). The van der Waals surface area contributed by atoms with Crippen LogP contribution in [0.25, 0.3) is 0 Å². The van der Waals surface area contributed by atoms with Crippen LogP contribution in [0.4, 0.5) is 11.5 Å². The van der Waals surface area contributed by atoms with Crippen molar-refractivity contribution in [3.05, 3.63) is 53.2 Å². The quantitative estimate of drug-likeness (QED) is 0.690. The van der Waals surface area contributed by atoms with Gasteiger partial charge in [0.15, 0.2) is 0 Å². The van der Waals surface area contributed by atoms with E-state index in [1.54, 1.807) is 17.9 Å². The molecule has 2 aromatic rings. The van der Waals surface area contributed by atoms with E-state index in [1.165, 1.54) is 0 Å². The molecule has 2 amide bonds. The van der Waals surface area contributed by atoms with Gasteiger partial charge in [0.2, 0.25) is 5.91 Å². The highest BCUT2D eigenvalue weighted by Crippen LogP contribution is 2.42. The molecule has 1 aromatic carbocycles. The standard InChI is InChI=1S/C25H32N4O4S/c1-15-6-5-7-23(26-15)28-24-16(2)17(3)29(18(4)30)22-9-8-19(14-21(22)24)25(31)27-20-10-12-34(32,33)13-11-20/h5-9,14,16-17,20,24H,10-13H2,1-4H3,(H,26,28)(H,27,31)/t16-,17-,24+/m0/s1. The number of hydrogen-bond donors (Lipinski definition) is 2. The molecule has 2 N–H and O–H groups in total. The van der Waals surface area contributed by atoms with Crippen molar-refractivity contribution in [1.82, 2.24) is 10.3 Å². The summed E-state index contributed by atoms with van der Waals surface area (Å²) in [5.74, 6) is 0.708. The number of aromatic nitrogens is 1. The molecule has 0 radical (unpaired) electrons. The van der Waals surface area contributed by atoms with Crippen LogP contribution in [0.2, 0.25) is 0 Å². The molecule has 182 valence electrons. The lowest BCUT2D eigenvalue weighted by Crippen LogP contribution is -2.48. The first-order chi connectivity index (χ1) is 16.1. The Bertz CT molecular complexity index is 1200. The number of anilines is 2. The lowest BCUT2D eigenvalue weighted by atomic mass is 9.82. The summed E-state index contributed by atoms with van der Waals surface area (Å²) in [6.45, 7) is 7.61. The molecule has 2 aliphatic rings. The maximum absolute atomic E-state index is 13.1. The zero-order valence-electron chi connectivity index (χ0n) is 20.0. The summed E-state index contributed by atoms with van der Waals surface area (Å²) in [6.07, 6.45) is 0.851. The molecule has 3 heterocycles. The minimum Gasteiger partial charge on any atom is -0.363 e. The van der Waals surface area contributed by atoms with Gasteiger partial charge in [-0.05, 0) is 62.6 Å². The van der Waals surface area contributed by atoms with Crippen molar-refractivity contribution in [3.8, 4) is 0 Å². The predicted molar refractivity (Wildman–Crippen MR) is 133 cm³/mol. The van der Waals surface area contributed by atoms with Crippen LogP contribution in [0.5, 0.6) is 0 Å². The van der Waals surface area contributed by atoms with Crippen molar-refractivity contribution < 1.29 is 18.0 Å². The number of pyridine rings is 1. The number of nitrogens with zero attached hydrogens (tertiary/aromatic N) is 2. The first-order valence-electron chi connectivity index (χ1n) is 11.7. The van der Waals surface area contributed by atoms with Gasteiger partial charge in [-0.1, -0.05) is 13.0 Å². The number of benzene rings is 1. The van der Waals surface area contributed by atoms with Gasteiger partial charge in [0.05, 0.1) is 17.5 Å². The number of sulfone groups is 1. The van der Waals surface area contributed by atoms with E-state index in [1.807, 2.05) is 44.2 Å². The van der Waals surface area contributed by atoms with Gasteiger partial charge in [-0.15, -0.1) is 0 Å². The molecule has 1 aromatic heterocycles. The summed E-state index contributed by atoms with van der Waals surface area (Å²) in [5.41, 5.74) is 3.03. The van der Waals surface area contributed by atoms with Crippen molar-refractivity contribution in [2.75, 3.05) is 21.7 Å². The maximum Gasteiger partial charge on any atom is 0.251 e. The molecule has 9 heteroatoms. The highest BCUT2D eigenvalue weighted by atomic mass is 32.2. The Kier molecular flexibility index (Phi) is 6.66. The lowest BCUT2D eigenvalue weighted by molar-refractivity contribution is -0.117. The third-order valence-electron chi connectivity index (χ3n) is 7.00. The van der Waals surface area contributed by atoms with Crippen molar-refractivity contribution in [2.24, 2.45) is 5.92 Å². The number of amides is 2. The molecule has 1 saturated heterocycles. The second kappa shape index (κ2) is 9.37. The number of rotatable bonds is 4. The number of nitrogens with one attached hydrogen (secondary N) is 2. The molecule has 0 saturated carbocycles. The van der Waals surface area contributed by atoms with Crippen LogP contribution in [0, 0.1) is 12.8 Å². The van der Waals surface area contributed by atoms with Crippen LogP contribution in [0.15, 0.2) is 36.4 Å². The summed E-state index contributed by atoms with van der Waals surface area (Å²) >= 11 is 0. The summed E-state index contributed by atoms with van der Waals surface area (Å²) in [7, 11) is -3.00. The van der Waals surface area contributed by atoms with E-state index >= 15 is 0 Å². The Hall–Kier alpha value is -2.94. The van der Waals surface area contributed by atoms with Gasteiger partial charge in [-0.3, -0.25) is 9.59 Å². The Morgan fingerprint density at radius 2 is 1.79 bits per heavy atom. The fraction of sp³-hybridized carbons (Fsp3) is 0.480. The van der Waals surface area contributed by atoms with Gasteiger partial charge in [0, 0.05) is 41.9 Å². The summed E-state index contributed by atoms with van der Waals surface area (Å²) in [5, 5.41) is 6.52. The molecule has 8 nitrogen and oxygen atoms in total. The number of aryl methyl sites for hydroxylation is 1. The summed E-state index contributed by atoms with van der Waals surface area (Å²) < 4.78 is 23.4. The third kappa shape index (κ3) is 4.94. The molecule has 1 fully saturated rings. The first-order valence-corrected chi connectivity index (χ1v) is 13.5. The second-order valence-corrected chi connectivity index (χ2v) is 11.8. The Morgan fingerprint density at radius 3 is 2.44 bits per heavy atom. The van der Waals surface area contributed by atoms with Crippen LogP contribution in [-0.2, 0) is 14.6 Å². The molecular formula is C25H32N4O4S. The number of carbonyl (C=O) groups is 2. The number of fused-ring (bicyclic) bond motifs is 1. The van der Waals surface area contributed by atoms with Crippen LogP contribution in [0.1, 0.15) is 61.3 Å². The zero-order valence-corrected chi connectivity index (χ0v) is 20.9. The second-order valence-electron chi connectivity index (χ2n) is 9.45. The van der Waals surface area contributed by atoms with E-state index in [9.17, 15) is 18.0 Å². The van der Waals surface area contributed by atoms with Gasteiger partial charge in [-0.2, -0.15) is 0 Å². The molecule has 34 heavy (non-hydrogen) atoms. The smallest absolute Gasteiger partial charge is 0.251 e. The number of hydrogen-bond acceptors (Lipinski definition) is 6. The molecular weight excluding hydrogens is 452 g/mol. The minimum atomic E-state index is -3.00. The largest absolute Gasteiger partial charge is 0.363 e. The first kappa shape index (κ1) is 24.2. The van der Waals surface area contributed by atoms with Gasteiger partial charge < -0.3 is 15.5 Å². The summed E-state index contributed by atoms with van der Waals surface area (Å²) in [6, 6.07) is 10.8. The Balaban J connectivity index is 1.66. The zero-order chi connectivity index (χ0) is 24.6. The molecule has 0 spiro atoms. The van der Waals surface area contributed by atoms with Crippen LogP contribution in [0.3, 0.4) is 0 Å². The molecule has 3 atom stereocenters. The topological polar surface area (TPSA) is 108 Å². The molecule has 0 bridgehead atoms. The van der Waals surface area contributed by atoms with E-state index in [2.05, 4.69) is 22.5 Å². The van der Waals surface area contributed by atoms with E-state index < -0.39 is 9.84 Å². The Labute approximate surface area is 201 Å². The van der Waals surface area contributed by atoms with Gasteiger partial charge in [0.25, 0.3) is 5.91 Å². The van der Waals surface area contributed by atoms with Crippen molar-refractivity contribution in [2.45, 2.75) is 58.7 Å². The molecule has 0 unspecified atom stereocenters. The Morgan fingerprint density at radius 1 is 1.09 bits per heavy atom. The van der Waals surface area contributed by atoms with Gasteiger partial charge >= 0.3 is 0 Å². The summed E-state index contributed by atoms with van der Waals surface area (Å²) in [4.78, 5) is 32.0. The highest BCUT2D eigenvalue weighted by Gasteiger charge is 2.38. The minimum absolute atomic E-state index is 0.0452. The number of carbonyl (C=O) groups excluding carboxylic acids is 2. The van der Waals surface area contributed by atoms with Crippen molar-refractivity contribution >= 4 is 33.2 Å². The average Bonchev–Trinajstić information content (AvgIpc) is 2.78. The average molecular weight is 485 g/mol. The third-order valence-corrected chi connectivity index (χ3v) is 8.71. The fourth-order valence-electron chi connectivity index (χ4n) is 4.93. The van der Waals surface area contributed by atoms with Crippen LogP contribution >= 0.6 is 0 Å². The van der Waals surface area contributed by atoms with Crippen molar-refractivity contribution in [3.63, 3.8) is 0 Å². The van der Waals surface area contributed by atoms with E-state index in [-0.39, 0.29) is 47.4 Å². The monoisotopic (exact) mass is 484 g/mol. The van der Waals surface area contributed by atoms with Crippen molar-refractivity contribution in [1.29, 1.82) is 0 Å². The van der Waals surface area contributed by atoms with E-state index in [0.29, 0.717) is 18.4 Å². The SMILES string of the molecule is CC(=O)N1c2ccc(C(=O)NC3CCS(=O)(=O)CC3)cc2[C@H](Nc2cccc(C)n2)[C@@H](C)[C@@H]1C. The normalized spacial score (nSPS) is 24.2.